The first-order valence-electron chi connectivity index (χ1n) is 8.14. The molecule has 0 bridgehead atoms. The predicted octanol–water partition coefficient (Wildman–Crippen LogP) is 5.54. The highest BCUT2D eigenvalue weighted by molar-refractivity contribution is 7.17. The zero-order valence-corrected chi connectivity index (χ0v) is 16.8. The fourth-order valence-electron chi connectivity index (χ4n) is 2.92. The lowest BCUT2D eigenvalue weighted by molar-refractivity contribution is 0.103. The minimum atomic E-state index is -3.10. The van der Waals surface area contributed by atoms with Crippen molar-refractivity contribution < 1.29 is 8.78 Å². The van der Waals surface area contributed by atoms with Crippen LogP contribution < -0.4 is 5.56 Å². The molecule has 2 nitrogen and oxygen atoms in total. The number of hydrogen-bond acceptors (Lipinski definition) is 1. The molecule has 1 aromatic heterocycles. The number of pyridine rings is 1. The highest BCUT2D eigenvalue weighted by Gasteiger charge is 2.28. The first-order valence-corrected chi connectivity index (χ1v) is 9.10. The predicted molar refractivity (Wildman–Crippen MR) is 103 cm³/mol. The van der Waals surface area contributed by atoms with E-state index in [9.17, 15) is 13.6 Å². The van der Waals surface area contributed by atoms with Gasteiger partial charge in [0.15, 0.2) is 0 Å². The topological polar surface area (TPSA) is 32.9 Å². The Bertz CT molecular complexity index is 840. The maximum Gasteiger partial charge on any atom is 0.284 e. The van der Waals surface area contributed by atoms with Gasteiger partial charge in [-0.05, 0) is 42.7 Å². The van der Waals surface area contributed by atoms with Crippen LogP contribution in [0.1, 0.15) is 55.1 Å². The summed E-state index contributed by atoms with van der Waals surface area (Å²) in [4.78, 5) is 15.5. The van der Waals surface area contributed by atoms with Crippen LogP contribution in [0.2, 0.25) is 5.02 Å². The van der Waals surface area contributed by atoms with Crippen molar-refractivity contribution >= 4 is 20.8 Å². The van der Waals surface area contributed by atoms with E-state index in [0.29, 0.717) is 11.1 Å². The van der Waals surface area contributed by atoms with E-state index in [1.54, 1.807) is 18.2 Å². The molecule has 0 radical (unpaired) electrons. The van der Waals surface area contributed by atoms with Gasteiger partial charge in [-0.15, -0.1) is 0 Å². The highest BCUT2D eigenvalue weighted by Crippen LogP contribution is 2.38. The summed E-state index contributed by atoms with van der Waals surface area (Å²) in [5.74, 6) is 0. The molecule has 0 amide bonds. The van der Waals surface area contributed by atoms with Gasteiger partial charge in [0.05, 0.1) is 0 Å². The van der Waals surface area contributed by atoms with Crippen LogP contribution in [0.5, 0.6) is 0 Å². The van der Waals surface area contributed by atoms with Crippen LogP contribution in [-0.2, 0) is 17.5 Å². The van der Waals surface area contributed by atoms with E-state index in [1.807, 2.05) is 6.92 Å². The number of benzene rings is 1. The van der Waals surface area contributed by atoms with Gasteiger partial charge in [0, 0.05) is 33.7 Å². The lowest BCUT2D eigenvalue weighted by Crippen LogP contribution is -2.26. The maximum absolute atomic E-state index is 13.9. The van der Waals surface area contributed by atoms with E-state index in [1.165, 1.54) is 15.3 Å². The van der Waals surface area contributed by atoms with Crippen molar-refractivity contribution in [2.24, 2.45) is 0 Å². The van der Waals surface area contributed by atoms with E-state index < -0.39 is 5.66 Å². The molecule has 1 atom stereocenters. The molecule has 1 N–H and O–H groups in total. The van der Waals surface area contributed by atoms with Crippen LogP contribution in [0, 0.1) is 6.92 Å². The van der Waals surface area contributed by atoms with Crippen molar-refractivity contribution in [1.29, 1.82) is 0 Å². The van der Waals surface area contributed by atoms with Crippen LogP contribution in [0.25, 0.3) is 0 Å². The number of nitrogens with one attached hydrogen (secondary N) is 1. The molecule has 0 fully saturated rings. The average molecular weight is 386 g/mol. The van der Waals surface area contributed by atoms with Gasteiger partial charge in [0.2, 0.25) is 0 Å². The first-order chi connectivity index (χ1) is 11.5. The zero-order valence-electron chi connectivity index (χ0n) is 14.8. The van der Waals surface area contributed by atoms with Crippen LogP contribution >= 0.6 is 20.8 Å². The number of aryl methyl sites for hydroxylation is 1. The van der Waals surface area contributed by atoms with Crippen molar-refractivity contribution in [3.8, 4) is 0 Å². The van der Waals surface area contributed by atoms with Crippen molar-refractivity contribution in [2.75, 3.05) is 0 Å². The van der Waals surface area contributed by atoms with Crippen LogP contribution in [0.4, 0.5) is 8.78 Å². The second kappa shape index (κ2) is 7.17. The Kier molecular flexibility index (Phi) is 5.75. The van der Waals surface area contributed by atoms with Gasteiger partial charge in [-0.3, -0.25) is 4.79 Å². The SMILES string of the molecule is CCC(C)(C)c1[nH]c(=O)c(Cc2ccc(Cl)cc2C(F)(F)P)cc1C. The standard InChI is InChI=1S/C19H23ClF2NOP/c1-5-18(3,4)16-11(2)8-13(17(24)23-16)9-12-6-7-14(20)10-15(12)19(21,22)25/h6-8,10H,5,9,25H2,1-4H3,(H,23,24). The Labute approximate surface area is 154 Å². The van der Waals surface area contributed by atoms with Crippen LogP contribution in [-0.4, -0.2) is 4.98 Å². The molecular formula is C19H23ClF2NOP. The van der Waals surface area contributed by atoms with Gasteiger partial charge in [-0.1, -0.05) is 47.7 Å². The zero-order chi connectivity index (χ0) is 19.0. The maximum atomic E-state index is 13.9. The van der Waals surface area contributed by atoms with Crippen molar-refractivity contribution in [3.05, 3.63) is 67.6 Å². The van der Waals surface area contributed by atoms with E-state index in [0.717, 1.165) is 17.7 Å². The Morgan fingerprint density at radius 2 is 1.84 bits per heavy atom. The molecule has 0 spiro atoms. The van der Waals surface area contributed by atoms with Crippen molar-refractivity contribution in [1.82, 2.24) is 4.98 Å². The monoisotopic (exact) mass is 385 g/mol. The molecule has 1 aromatic carbocycles. The molecule has 2 aromatic rings. The minimum absolute atomic E-state index is 0.125. The summed E-state index contributed by atoms with van der Waals surface area (Å²) in [5.41, 5.74) is -0.990. The van der Waals surface area contributed by atoms with Crippen molar-refractivity contribution in [3.63, 3.8) is 0 Å². The van der Waals surface area contributed by atoms with Crippen LogP contribution in [0.15, 0.2) is 29.1 Å². The summed E-state index contributed by atoms with van der Waals surface area (Å²) in [7, 11) is 1.53. The van der Waals surface area contributed by atoms with Gasteiger partial charge >= 0.3 is 0 Å². The molecule has 0 aliphatic heterocycles. The Hall–Kier alpha value is -1.25. The number of H-pyrrole nitrogens is 1. The number of aromatic amines is 1. The van der Waals surface area contributed by atoms with Gasteiger partial charge < -0.3 is 4.98 Å². The minimum Gasteiger partial charge on any atom is -0.325 e. The molecule has 0 saturated carbocycles. The molecule has 136 valence electrons. The number of rotatable bonds is 5. The molecule has 0 aliphatic rings. The third-order valence-corrected chi connectivity index (χ3v) is 5.23. The molecule has 1 heterocycles. The molecule has 1 unspecified atom stereocenters. The summed E-state index contributed by atoms with van der Waals surface area (Å²) in [6.45, 7) is 8.13. The third kappa shape index (κ3) is 4.48. The van der Waals surface area contributed by atoms with Gasteiger partial charge in [0.25, 0.3) is 11.2 Å². The fraction of sp³-hybridized carbons (Fsp3) is 0.421. The quantitative estimate of drug-likeness (QED) is 0.673. The molecule has 0 saturated heterocycles. The van der Waals surface area contributed by atoms with E-state index >= 15 is 0 Å². The first kappa shape index (κ1) is 20.1. The Morgan fingerprint density at radius 3 is 2.40 bits per heavy atom. The Morgan fingerprint density at radius 1 is 1.20 bits per heavy atom. The van der Waals surface area contributed by atoms with Gasteiger partial charge in [-0.2, -0.15) is 8.78 Å². The number of halogens is 3. The van der Waals surface area contributed by atoms with Crippen LogP contribution in [0.3, 0.4) is 0 Å². The van der Waals surface area contributed by atoms with Gasteiger partial charge in [-0.25, -0.2) is 0 Å². The second-order valence-corrected chi connectivity index (χ2v) is 8.18. The third-order valence-electron chi connectivity index (χ3n) is 4.69. The lowest BCUT2D eigenvalue weighted by atomic mass is 9.83. The largest absolute Gasteiger partial charge is 0.325 e. The average Bonchev–Trinajstić information content (AvgIpc) is 2.51. The summed E-state index contributed by atoms with van der Waals surface area (Å²) in [6.07, 6.45) is 1.00. The second-order valence-electron chi connectivity index (χ2n) is 7.02. The lowest BCUT2D eigenvalue weighted by Gasteiger charge is -2.25. The highest BCUT2D eigenvalue weighted by atomic mass is 35.5. The molecule has 0 aliphatic carbocycles. The molecule has 2 rings (SSSR count). The summed E-state index contributed by atoms with van der Waals surface area (Å²) in [6, 6.07) is 6.16. The number of hydrogen-bond donors (Lipinski definition) is 1. The number of aromatic nitrogens is 1. The smallest absolute Gasteiger partial charge is 0.284 e. The fourth-order valence-corrected chi connectivity index (χ4v) is 3.36. The normalized spacial score (nSPS) is 12.5. The van der Waals surface area contributed by atoms with Gasteiger partial charge in [0.1, 0.15) is 0 Å². The van der Waals surface area contributed by atoms with E-state index in [4.69, 9.17) is 11.6 Å². The van der Waals surface area contributed by atoms with E-state index in [-0.39, 0.29) is 28.0 Å². The van der Waals surface area contributed by atoms with Crippen molar-refractivity contribution in [2.45, 2.75) is 51.6 Å². The molecule has 6 heteroatoms. The van der Waals surface area contributed by atoms with E-state index in [2.05, 4.69) is 25.8 Å². The Balaban J connectivity index is 2.50. The number of alkyl halides is 2. The molecule has 25 heavy (non-hydrogen) atoms. The summed E-state index contributed by atoms with van der Waals surface area (Å²) >= 11 is 5.86. The molecular weight excluding hydrogens is 363 g/mol. The summed E-state index contributed by atoms with van der Waals surface area (Å²) < 4.78 is 27.7. The summed E-state index contributed by atoms with van der Waals surface area (Å²) in [5, 5.41) is 0.242.